The van der Waals surface area contributed by atoms with Crippen LogP contribution in [-0.4, -0.2) is 17.5 Å². The van der Waals surface area contributed by atoms with E-state index >= 15 is 0 Å². The van der Waals surface area contributed by atoms with Crippen LogP contribution in [0.25, 0.3) is 0 Å². The number of hydrogen-bond donors (Lipinski definition) is 2. The van der Waals surface area contributed by atoms with Crippen LogP contribution < -0.4 is 10.7 Å². The fraction of sp³-hybridized carbons (Fsp3) is 0.174. The molecule has 32 heavy (non-hydrogen) atoms. The predicted octanol–water partition coefficient (Wildman–Crippen LogP) is 5.76. The molecule has 2 amide bonds. The molecule has 0 atom stereocenters. The molecule has 0 spiro atoms. The van der Waals surface area contributed by atoms with Gasteiger partial charge in [0.2, 0.25) is 0 Å². The number of carbonyl (C=O) groups excluding carboxylic acids is 2. The lowest BCUT2D eigenvalue weighted by Crippen LogP contribution is -2.22. The zero-order valence-electron chi connectivity index (χ0n) is 17.0. The van der Waals surface area contributed by atoms with Gasteiger partial charge in [-0.15, -0.1) is 0 Å². The van der Waals surface area contributed by atoms with Crippen LogP contribution in [-0.2, 0) is 6.42 Å². The van der Waals surface area contributed by atoms with E-state index in [4.69, 9.17) is 27.6 Å². The normalized spacial score (nSPS) is 14.2. The highest BCUT2D eigenvalue weighted by Crippen LogP contribution is 2.30. The Labute approximate surface area is 193 Å². The summed E-state index contributed by atoms with van der Waals surface area (Å²) < 4.78 is 18.9. The number of fused-ring (bicyclic) bond motifs is 1. The number of benzene rings is 2. The number of hydrazone groups is 1. The quantitative estimate of drug-likeness (QED) is 0.472. The van der Waals surface area contributed by atoms with Crippen molar-refractivity contribution in [2.24, 2.45) is 5.10 Å². The Hall–Kier alpha value is -3.16. The van der Waals surface area contributed by atoms with Crippen LogP contribution in [0, 0.1) is 12.7 Å². The number of amides is 2. The van der Waals surface area contributed by atoms with Crippen molar-refractivity contribution in [3.63, 3.8) is 0 Å². The molecule has 0 unspecified atom stereocenters. The summed E-state index contributed by atoms with van der Waals surface area (Å²) in [5, 5.41) is 7.63. The van der Waals surface area contributed by atoms with E-state index < -0.39 is 17.6 Å². The molecule has 0 aliphatic heterocycles. The van der Waals surface area contributed by atoms with Crippen molar-refractivity contribution < 1.29 is 18.4 Å². The van der Waals surface area contributed by atoms with Crippen LogP contribution in [0.15, 0.2) is 52.0 Å². The molecule has 0 fully saturated rings. The maximum absolute atomic E-state index is 13.1. The van der Waals surface area contributed by atoms with Gasteiger partial charge in [-0.3, -0.25) is 9.59 Å². The number of nitrogens with zero attached hydrogens (tertiary/aromatic N) is 1. The maximum Gasteiger partial charge on any atom is 0.291 e. The first-order valence-electron chi connectivity index (χ1n) is 9.85. The Morgan fingerprint density at radius 3 is 2.53 bits per heavy atom. The number of halogens is 3. The summed E-state index contributed by atoms with van der Waals surface area (Å²) in [5.74, 6) is -0.520. The van der Waals surface area contributed by atoms with Gasteiger partial charge in [0.25, 0.3) is 11.8 Å². The van der Waals surface area contributed by atoms with Gasteiger partial charge in [0, 0.05) is 28.3 Å². The van der Waals surface area contributed by atoms with Gasteiger partial charge in [-0.1, -0.05) is 23.2 Å². The molecule has 1 aliphatic rings. The second-order valence-electron chi connectivity index (χ2n) is 7.29. The van der Waals surface area contributed by atoms with Gasteiger partial charge in [0.15, 0.2) is 5.76 Å². The van der Waals surface area contributed by atoms with E-state index in [0.29, 0.717) is 46.2 Å². The van der Waals surface area contributed by atoms with E-state index in [2.05, 4.69) is 15.8 Å². The summed E-state index contributed by atoms with van der Waals surface area (Å²) >= 11 is 12.0. The molecule has 2 N–H and O–H groups in total. The van der Waals surface area contributed by atoms with Crippen molar-refractivity contribution in [2.75, 3.05) is 5.32 Å². The molecule has 3 aromatic rings. The van der Waals surface area contributed by atoms with E-state index in [0.717, 1.165) is 6.42 Å². The number of anilines is 1. The first kappa shape index (κ1) is 22.0. The predicted molar refractivity (Wildman–Crippen MR) is 121 cm³/mol. The summed E-state index contributed by atoms with van der Waals surface area (Å²) in [5.41, 5.74) is 5.17. The average Bonchev–Trinajstić information content (AvgIpc) is 3.11. The molecule has 4 rings (SSSR count). The molecule has 2 aromatic carbocycles. The number of carbonyl (C=O) groups is 2. The highest BCUT2D eigenvalue weighted by molar-refractivity contribution is 6.36. The molecule has 1 aromatic heterocycles. The fourth-order valence-corrected chi connectivity index (χ4v) is 4.06. The molecule has 6 nitrogen and oxygen atoms in total. The van der Waals surface area contributed by atoms with Crippen molar-refractivity contribution in [3.05, 3.63) is 86.5 Å². The van der Waals surface area contributed by atoms with E-state index in [9.17, 15) is 14.0 Å². The second-order valence-corrected chi connectivity index (χ2v) is 8.14. The Kier molecular flexibility index (Phi) is 6.30. The Bertz CT molecular complexity index is 1240. The minimum absolute atomic E-state index is 0.154. The van der Waals surface area contributed by atoms with Crippen LogP contribution in [0.3, 0.4) is 0 Å². The van der Waals surface area contributed by atoms with Crippen LogP contribution in [0.2, 0.25) is 10.0 Å². The summed E-state index contributed by atoms with van der Waals surface area (Å²) in [6.07, 6.45) is 2.02. The minimum atomic E-state index is -0.471. The summed E-state index contributed by atoms with van der Waals surface area (Å²) in [6, 6.07) is 10.0. The van der Waals surface area contributed by atoms with Crippen LogP contribution >= 0.6 is 23.2 Å². The Morgan fingerprint density at radius 1 is 1.06 bits per heavy atom. The van der Waals surface area contributed by atoms with E-state index in [1.807, 2.05) is 0 Å². The van der Waals surface area contributed by atoms with Gasteiger partial charge in [0.05, 0.1) is 16.3 Å². The van der Waals surface area contributed by atoms with Crippen LogP contribution in [0.5, 0.6) is 0 Å². The molecule has 0 bridgehead atoms. The fourth-order valence-electron chi connectivity index (χ4n) is 3.57. The van der Waals surface area contributed by atoms with Gasteiger partial charge >= 0.3 is 0 Å². The standard InChI is InChI=1S/C23H18Cl2FN3O3/c1-12-20-18(28-29-22(30)16-10-5-13(24)11-17(16)25)3-2-4-19(20)32-21(12)23(31)27-15-8-6-14(26)7-9-15/h5-11H,2-4H2,1H3,(H,27,31)(H,29,30)/b28-18+. The zero-order valence-corrected chi connectivity index (χ0v) is 18.5. The summed E-state index contributed by atoms with van der Waals surface area (Å²) in [4.78, 5) is 25.2. The minimum Gasteiger partial charge on any atom is -0.455 e. The van der Waals surface area contributed by atoms with Crippen molar-refractivity contribution >= 4 is 46.4 Å². The third-order valence-corrected chi connectivity index (χ3v) is 5.65. The largest absolute Gasteiger partial charge is 0.455 e. The van der Waals surface area contributed by atoms with Crippen molar-refractivity contribution in [2.45, 2.75) is 26.2 Å². The third kappa shape index (κ3) is 4.54. The zero-order chi connectivity index (χ0) is 22.8. The molecule has 1 aliphatic carbocycles. The van der Waals surface area contributed by atoms with Gasteiger partial charge in [-0.05, 0) is 62.2 Å². The smallest absolute Gasteiger partial charge is 0.291 e. The molecular weight excluding hydrogens is 456 g/mol. The number of hydrogen-bond acceptors (Lipinski definition) is 4. The number of nitrogens with one attached hydrogen (secondary N) is 2. The molecule has 164 valence electrons. The summed E-state index contributed by atoms with van der Waals surface area (Å²) in [7, 11) is 0. The monoisotopic (exact) mass is 473 g/mol. The first-order chi connectivity index (χ1) is 15.3. The lowest BCUT2D eigenvalue weighted by Gasteiger charge is -2.13. The van der Waals surface area contributed by atoms with Crippen LogP contribution in [0.1, 0.15) is 50.6 Å². The van der Waals surface area contributed by atoms with E-state index in [1.54, 1.807) is 13.0 Å². The molecule has 0 saturated carbocycles. The lowest BCUT2D eigenvalue weighted by molar-refractivity contribution is 0.0953. The van der Waals surface area contributed by atoms with Gasteiger partial charge in [-0.25, -0.2) is 9.82 Å². The molecular formula is C23H18Cl2FN3O3. The molecule has 0 saturated heterocycles. The molecule has 0 radical (unpaired) electrons. The van der Waals surface area contributed by atoms with Crippen LogP contribution in [0.4, 0.5) is 10.1 Å². The maximum atomic E-state index is 13.1. The first-order valence-corrected chi connectivity index (χ1v) is 10.6. The van der Waals surface area contributed by atoms with Gasteiger partial charge < -0.3 is 9.73 Å². The molecule has 1 heterocycles. The third-order valence-electron chi connectivity index (χ3n) is 5.10. The van der Waals surface area contributed by atoms with Crippen molar-refractivity contribution in [3.8, 4) is 0 Å². The average molecular weight is 474 g/mol. The molecule has 9 heteroatoms. The Morgan fingerprint density at radius 2 is 1.81 bits per heavy atom. The number of aryl methyl sites for hydroxylation is 1. The van der Waals surface area contributed by atoms with Crippen molar-refractivity contribution in [1.82, 2.24) is 5.43 Å². The number of rotatable bonds is 4. The topological polar surface area (TPSA) is 83.7 Å². The van der Waals surface area contributed by atoms with Gasteiger partial charge in [-0.2, -0.15) is 5.10 Å². The van der Waals surface area contributed by atoms with E-state index in [-0.39, 0.29) is 16.3 Å². The highest BCUT2D eigenvalue weighted by Gasteiger charge is 2.28. The summed E-state index contributed by atoms with van der Waals surface area (Å²) in [6.45, 7) is 1.76. The SMILES string of the molecule is Cc1c(C(=O)Nc2ccc(F)cc2)oc2c1/C(=N/NC(=O)c1ccc(Cl)cc1Cl)CCC2. The number of furan rings is 1. The Balaban J connectivity index is 1.56. The lowest BCUT2D eigenvalue weighted by atomic mass is 9.93. The van der Waals surface area contributed by atoms with Gasteiger partial charge in [0.1, 0.15) is 11.6 Å². The second kappa shape index (κ2) is 9.14. The van der Waals surface area contributed by atoms with E-state index in [1.165, 1.54) is 36.4 Å². The highest BCUT2D eigenvalue weighted by atomic mass is 35.5. The van der Waals surface area contributed by atoms with Crippen molar-refractivity contribution in [1.29, 1.82) is 0 Å².